The van der Waals surface area contributed by atoms with E-state index in [0.29, 0.717) is 19.2 Å². The fourth-order valence-corrected chi connectivity index (χ4v) is 4.68. The highest BCUT2D eigenvalue weighted by Gasteiger charge is 2.27. The van der Waals surface area contributed by atoms with E-state index in [0.717, 1.165) is 65.1 Å². The summed E-state index contributed by atoms with van der Waals surface area (Å²) in [7, 11) is 0. The SMILES string of the molecule is CCNN(C=N)CCCOc1ccc2c(N)c(-c3ccc(NC(=O)NC(C)C)cc3)n(C3CCC3)c2c1. The number of fused-ring (bicyclic) bond motifs is 1. The molecular weight excluding hydrogens is 466 g/mol. The van der Waals surface area contributed by atoms with Crippen molar-refractivity contribution in [3.8, 4) is 17.0 Å². The number of ether oxygens (including phenoxy) is 1. The van der Waals surface area contributed by atoms with Crippen LogP contribution in [0.25, 0.3) is 22.2 Å². The molecule has 3 aromatic rings. The first kappa shape index (κ1) is 26.3. The Balaban J connectivity index is 1.56. The highest BCUT2D eigenvalue weighted by atomic mass is 16.5. The number of anilines is 2. The van der Waals surface area contributed by atoms with Crippen LogP contribution in [0, 0.1) is 5.41 Å². The Morgan fingerprint density at radius 3 is 2.62 bits per heavy atom. The van der Waals surface area contributed by atoms with Gasteiger partial charge >= 0.3 is 6.03 Å². The van der Waals surface area contributed by atoms with E-state index in [1.54, 1.807) is 5.01 Å². The van der Waals surface area contributed by atoms with Gasteiger partial charge in [-0.3, -0.25) is 10.4 Å². The normalized spacial score (nSPS) is 13.4. The number of aromatic nitrogens is 1. The molecule has 1 fully saturated rings. The summed E-state index contributed by atoms with van der Waals surface area (Å²) in [5.41, 5.74) is 14.5. The number of amides is 2. The van der Waals surface area contributed by atoms with Gasteiger partial charge in [0.05, 0.1) is 29.8 Å². The highest BCUT2D eigenvalue weighted by molar-refractivity contribution is 6.02. The maximum atomic E-state index is 12.1. The van der Waals surface area contributed by atoms with Gasteiger partial charge in [-0.05, 0) is 57.4 Å². The predicted octanol–water partition coefficient (Wildman–Crippen LogP) is 5.35. The molecule has 6 N–H and O–H groups in total. The fraction of sp³-hybridized carbons (Fsp3) is 0.429. The van der Waals surface area contributed by atoms with E-state index in [4.69, 9.17) is 15.9 Å². The smallest absolute Gasteiger partial charge is 0.319 e. The summed E-state index contributed by atoms with van der Waals surface area (Å²) in [5, 5.41) is 16.0. The van der Waals surface area contributed by atoms with Crippen LogP contribution in [-0.2, 0) is 0 Å². The molecule has 0 radical (unpaired) electrons. The first-order chi connectivity index (χ1) is 17.9. The number of hydrogen-bond acceptors (Lipinski definition) is 5. The molecule has 0 spiro atoms. The van der Waals surface area contributed by atoms with E-state index < -0.39 is 0 Å². The lowest BCUT2D eigenvalue weighted by atomic mass is 9.92. The largest absolute Gasteiger partial charge is 0.493 e. The standard InChI is InChI=1S/C28H39N7O2/c1-4-31-34(18-29)15-6-16-37-23-13-14-24-25(17-23)35(22-7-5-8-22)27(26(24)30)20-9-11-21(12-10-20)33-28(36)32-19(2)3/h9-14,17-19,22,29,31H,4-8,15-16,30H2,1-3H3,(H2,32,33,36). The summed E-state index contributed by atoms with van der Waals surface area (Å²) >= 11 is 0. The summed E-state index contributed by atoms with van der Waals surface area (Å²) in [6.45, 7) is 7.92. The third kappa shape index (κ3) is 6.17. The number of carbonyl (C=O) groups excluding carboxylic acids is 1. The van der Waals surface area contributed by atoms with Crippen molar-refractivity contribution in [3.63, 3.8) is 0 Å². The summed E-state index contributed by atoms with van der Waals surface area (Å²) in [4.78, 5) is 12.1. The molecule has 0 saturated heterocycles. The first-order valence-corrected chi connectivity index (χ1v) is 13.2. The number of carbonyl (C=O) groups is 1. The Morgan fingerprint density at radius 2 is 2.00 bits per heavy atom. The van der Waals surface area contributed by atoms with E-state index in [2.05, 4.69) is 26.7 Å². The van der Waals surface area contributed by atoms with Gasteiger partial charge in [0.2, 0.25) is 0 Å². The van der Waals surface area contributed by atoms with Gasteiger partial charge in [0.15, 0.2) is 0 Å². The quantitative estimate of drug-likeness (QED) is 0.0984. The molecule has 1 aliphatic rings. The lowest BCUT2D eigenvalue weighted by Crippen LogP contribution is -2.37. The van der Waals surface area contributed by atoms with Crippen LogP contribution < -0.4 is 26.5 Å². The number of nitrogens with two attached hydrogens (primary N) is 1. The minimum absolute atomic E-state index is 0.0700. The number of hydrogen-bond donors (Lipinski definition) is 5. The Hall–Kier alpha value is -3.72. The van der Waals surface area contributed by atoms with Crippen LogP contribution in [0.5, 0.6) is 5.75 Å². The second-order valence-corrected chi connectivity index (χ2v) is 9.76. The number of nitrogens with one attached hydrogen (secondary N) is 4. The van der Waals surface area contributed by atoms with Gasteiger partial charge in [-0.2, -0.15) is 0 Å². The molecule has 9 nitrogen and oxygen atoms in total. The summed E-state index contributed by atoms with van der Waals surface area (Å²) in [6.07, 6.45) is 5.56. The number of nitrogen functional groups attached to an aromatic ring is 1. The molecule has 198 valence electrons. The number of nitrogens with zero attached hydrogens (tertiary/aromatic N) is 2. The molecule has 0 atom stereocenters. The number of urea groups is 1. The molecule has 0 bridgehead atoms. The minimum Gasteiger partial charge on any atom is -0.493 e. The second kappa shape index (κ2) is 12.0. The molecule has 1 aromatic heterocycles. The molecule has 0 unspecified atom stereocenters. The zero-order valence-electron chi connectivity index (χ0n) is 22.0. The molecule has 1 saturated carbocycles. The van der Waals surface area contributed by atoms with Gasteiger partial charge in [-0.25, -0.2) is 10.2 Å². The van der Waals surface area contributed by atoms with Crippen molar-refractivity contribution in [2.45, 2.75) is 58.5 Å². The van der Waals surface area contributed by atoms with Gasteiger partial charge in [-0.1, -0.05) is 19.1 Å². The molecule has 4 rings (SSSR count). The highest BCUT2D eigenvalue weighted by Crippen LogP contribution is 2.44. The van der Waals surface area contributed by atoms with Crippen LogP contribution >= 0.6 is 0 Å². The van der Waals surface area contributed by atoms with Gasteiger partial charge < -0.3 is 25.7 Å². The Kier molecular flexibility index (Phi) is 8.55. The van der Waals surface area contributed by atoms with Crippen molar-refractivity contribution in [2.24, 2.45) is 0 Å². The fourth-order valence-electron chi connectivity index (χ4n) is 4.68. The van der Waals surface area contributed by atoms with Crippen molar-refractivity contribution >= 4 is 34.6 Å². The molecule has 0 aliphatic heterocycles. The van der Waals surface area contributed by atoms with E-state index in [1.807, 2.05) is 57.2 Å². The van der Waals surface area contributed by atoms with E-state index >= 15 is 0 Å². The molecule has 2 amide bonds. The average molecular weight is 506 g/mol. The third-order valence-electron chi connectivity index (χ3n) is 6.62. The number of benzene rings is 2. The van der Waals surface area contributed by atoms with Gasteiger partial charge in [0.1, 0.15) is 5.75 Å². The Labute approximate surface area is 218 Å². The van der Waals surface area contributed by atoms with E-state index in [1.165, 1.54) is 12.8 Å². The number of rotatable bonds is 12. The average Bonchev–Trinajstić information content (AvgIpc) is 3.11. The lowest BCUT2D eigenvalue weighted by molar-refractivity contribution is 0.250. The summed E-state index contributed by atoms with van der Waals surface area (Å²) in [6, 6.07) is 14.2. The predicted molar refractivity (Wildman–Crippen MR) is 151 cm³/mol. The van der Waals surface area contributed by atoms with E-state index in [9.17, 15) is 4.79 Å². The molecule has 2 aromatic carbocycles. The monoisotopic (exact) mass is 505 g/mol. The van der Waals surface area contributed by atoms with Crippen LogP contribution in [0.3, 0.4) is 0 Å². The van der Waals surface area contributed by atoms with Crippen molar-refractivity contribution in [2.75, 3.05) is 30.7 Å². The molecular formula is C28H39N7O2. The third-order valence-corrected chi connectivity index (χ3v) is 6.62. The van der Waals surface area contributed by atoms with Crippen molar-refractivity contribution in [1.82, 2.24) is 20.3 Å². The maximum Gasteiger partial charge on any atom is 0.319 e. The Morgan fingerprint density at radius 1 is 1.24 bits per heavy atom. The minimum atomic E-state index is -0.217. The molecule has 1 aliphatic carbocycles. The van der Waals surface area contributed by atoms with Gasteiger partial charge in [0, 0.05) is 54.3 Å². The zero-order chi connectivity index (χ0) is 26.4. The van der Waals surface area contributed by atoms with Gasteiger partial charge in [-0.15, -0.1) is 0 Å². The van der Waals surface area contributed by atoms with Crippen LogP contribution in [0.4, 0.5) is 16.2 Å². The summed E-state index contributed by atoms with van der Waals surface area (Å²) < 4.78 is 8.45. The summed E-state index contributed by atoms with van der Waals surface area (Å²) in [5.74, 6) is 0.817. The molecule has 37 heavy (non-hydrogen) atoms. The van der Waals surface area contributed by atoms with Crippen molar-refractivity contribution in [3.05, 3.63) is 42.5 Å². The van der Waals surface area contributed by atoms with Crippen molar-refractivity contribution < 1.29 is 9.53 Å². The second-order valence-electron chi connectivity index (χ2n) is 9.76. The van der Waals surface area contributed by atoms with Crippen LogP contribution in [0.15, 0.2) is 42.5 Å². The van der Waals surface area contributed by atoms with Crippen molar-refractivity contribution in [1.29, 1.82) is 5.41 Å². The maximum absolute atomic E-state index is 12.1. The molecule has 1 heterocycles. The van der Waals surface area contributed by atoms with E-state index in [-0.39, 0.29) is 12.1 Å². The Bertz CT molecular complexity index is 1220. The van der Waals surface area contributed by atoms with Crippen LogP contribution in [-0.4, -0.2) is 47.7 Å². The van der Waals surface area contributed by atoms with Crippen LogP contribution in [0.1, 0.15) is 52.5 Å². The zero-order valence-corrected chi connectivity index (χ0v) is 22.0. The molecule has 9 heteroatoms. The van der Waals surface area contributed by atoms with Crippen LogP contribution in [0.2, 0.25) is 0 Å². The lowest BCUT2D eigenvalue weighted by Gasteiger charge is -2.30. The first-order valence-electron chi connectivity index (χ1n) is 13.2. The topological polar surface area (TPSA) is 120 Å². The number of hydrazine groups is 1. The van der Waals surface area contributed by atoms with Gasteiger partial charge in [0.25, 0.3) is 0 Å².